The van der Waals surface area contributed by atoms with Gasteiger partial charge in [0.1, 0.15) is 0 Å². The molecule has 2 aromatic rings. The Labute approximate surface area is 130 Å². The average Bonchev–Trinajstić information content (AvgIpc) is 2.56. The summed E-state index contributed by atoms with van der Waals surface area (Å²) in [4.78, 5) is 4.73. The first-order chi connectivity index (χ1) is 10.3. The van der Waals surface area contributed by atoms with E-state index in [0.717, 1.165) is 31.2 Å². The highest BCUT2D eigenvalue weighted by molar-refractivity contribution is 6.30. The minimum Gasteiger partial charge on any atom is -0.368 e. The molecule has 0 aliphatic carbocycles. The number of piperazine rings is 1. The lowest BCUT2D eigenvalue weighted by atomic mass is 10.2. The molecule has 2 aromatic carbocycles. The van der Waals surface area contributed by atoms with Gasteiger partial charge in [0.25, 0.3) is 0 Å². The van der Waals surface area contributed by atoms with E-state index in [1.54, 1.807) is 0 Å². The number of rotatable bonds is 2. The molecule has 1 heterocycles. The third-order valence-electron chi connectivity index (χ3n) is 3.83. The van der Waals surface area contributed by atoms with Crippen LogP contribution in [0.4, 0.5) is 11.4 Å². The number of benzene rings is 2. The van der Waals surface area contributed by atoms with Crippen LogP contribution in [0.2, 0.25) is 5.02 Å². The Kier molecular flexibility index (Phi) is 3.98. The van der Waals surface area contributed by atoms with E-state index in [4.69, 9.17) is 16.9 Å². The summed E-state index contributed by atoms with van der Waals surface area (Å²) in [5.41, 5.74) is 3.11. The maximum Gasteiger partial charge on any atom is 0.0991 e. The van der Waals surface area contributed by atoms with E-state index in [1.165, 1.54) is 11.4 Å². The average molecular weight is 298 g/mol. The van der Waals surface area contributed by atoms with Crippen LogP contribution in [0.15, 0.2) is 48.5 Å². The molecule has 3 rings (SSSR count). The van der Waals surface area contributed by atoms with Crippen LogP contribution >= 0.6 is 11.6 Å². The van der Waals surface area contributed by atoms with Gasteiger partial charge in [0.05, 0.1) is 11.6 Å². The summed E-state index contributed by atoms with van der Waals surface area (Å²) in [6, 6.07) is 18.0. The fourth-order valence-corrected chi connectivity index (χ4v) is 2.75. The second-order valence-electron chi connectivity index (χ2n) is 5.11. The minimum absolute atomic E-state index is 0.707. The van der Waals surface area contributed by atoms with Crippen molar-refractivity contribution < 1.29 is 0 Å². The van der Waals surface area contributed by atoms with Gasteiger partial charge < -0.3 is 9.80 Å². The van der Waals surface area contributed by atoms with E-state index in [2.05, 4.69) is 28.0 Å². The number of anilines is 2. The zero-order chi connectivity index (χ0) is 14.7. The summed E-state index contributed by atoms with van der Waals surface area (Å²) in [6.45, 7) is 3.94. The first kappa shape index (κ1) is 13.8. The molecule has 0 atom stereocenters. The van der Waals surface area contributed by atoms with E-state index in [1.807, 2.05) is 36.4 Å². The van der Waals surface area contributed by atoms with Crippen LogP contribution in [0.25, 0.3) is 0 Å². The van der Waals surface area contributed by atoms with Gasteiger partial charge in [-0.3, -0.25) is 0 Å². The minimum atomic E-state index is 0.707. The number of hydrogen-bond donors (Lipinski definition) is 0. The summed E-state index contributed by atoms with van der Waals surface area (Å²) in [5, 5.41) is 9.61. The van der Waals surface area contributed by atoms with Crippen LogP contribution in [-0.2, 0) is 0 Å². The largest absolute Gasteiger partial charge is 0.368 e. The Bertz CT molecular complexity index is 635. The number of halogens is 1. The molecular formula is C17H16ClN3. The standard InChI is InChI=1S/C17H16ClN3/c18-15-3-7-17(8-4-15)21-11-9-20(10-12-21)16-5-1-14(13-19)2-6-16/h1-8H,9-12H2. The molecule has 3 nitrogen and oxygen atoms in total. The smallest absolute Gasteiger partial charge is 0.0991 e. The molecule has 0 aromatic heterocycles. The molecule has 0 amide bonds. The first-order valence-electron chi connectivity index (χ1n) is 7.02. The van der Waals surface area contributed by atoms with Crippen LogP contribution in [0.3, 0.4) is 0 Å². The molecule has 0 saturated carbocycles. The van der Waals surface area contributed by atoms with Crippen molar-refractivity contribution >= 4 is 23.0 Å². The van der Waals surface area contributed by atoms with Crippen molar-refractivity contribution in [2.24, 2.45) is 0 Å². The van der Waals surface area contributed by atoms with Crippen LogP contribution < -0.4 is 9.80 Å². The Morgan fingerprint density at radius 3 is 1.62 bits per heavy atom. The maximum absolute atomic E-state index is 8.84. The first-order valence-corrected chi connectivity index (χ1v) is 7.40. The third kappa shape index (κ3) is 3.12. The SMILES string of the molecule is N#Cc1ccc(N2CCN(c3ccc(Cl)cc3)CC2)cc1. The lowest BCUT2D eigenvalue weighted by Gasteiger charge is -2.37. The van der Waals surface area contributed by atoms with Gasteiger partial charge in [0, 0.05) is 42.6 Å². The van der Waals surface area contributed by atoms with Crippen molar-refractivity contribution in [3.63, 3.8) is 0 Å². The Balaban J connectivity index is 1.64. The van der Waals surface area contributed by atoms with Gasteiger partial charge in [0.15, 0.2) is 0 Å². The highest BCUT2D eigenvalue weighted by atomic mass is 35.5. The summed E-state index contributed by atoms with van der Waals surface area (Å²) >= 11 is 5.93. The van der Waals surface area contributed by atoms with Gasteiger partial charge >= 0.3 is 0 Å². The predicted octanol–water partition coefficient (Wildman–Crippen LogP) is 3.54. The predicted molar refractivity (Wildman–Crippen MR) is 87.0 cm³/mol. The molecule has 0 radical (unpaired) electrons. The highest BCUT2D eigenvalue weighted by Crippen LogP contribution is 2.22. The van der Waals surface area contributed by atoms with Crippen molar-refractivity contribution in [2.45, 2.75) is 0 Å². The van der Waals surface area contributed by atoms with Crippen LogP contribution in [-0.4, -0.2) is 26.2 Å². The van der Waals surface area contributed by atoms with E-state index in [0.29, 0.717) is 5.56 Å². The van der Waals surface area contributed by atoms with Crippen LogP contribution in [0.1, 0.15) is 5.56 Å². The molecule has 1 fully saturated rings. The maximum atomic E-state index is 8.84. The summed E-state index contributed by atoms with van der Waals surface area (Å²) < 4.78 is 0. The van der Waals surface area contributed by atoms with Gasteiger partial charge in [-0.15, -0.1) is 0 Å². The molecule has 0 spiro atoms. The summed E-state index contributed by atoms with van der Waals surface area (Å²) in [5.74, 6) is 0. The van der Waals surface area contributed by atoms with Crippen molar-refractivity contribution in [3.8, 4) is 6.07 Å². The van der Waals surface area contributed by atoms with Crippen molar-refractivity contribution in [2.75, 3.05) is 36.0 Å². The van der Waals surface area contributed by atoms with Crippen LogP contribution in [0.5, 0.6) is 0 Å². The van der Waals surface area contributed by atoms with Gasteiger partial charge in [-0.1, -0.05) is 11.6 Å². The second-order valence-corrected chi connectivity index (χ2v) is 5.55. The quantitative estimate of drug-likeness (QED) is 0.849. The molecule has 106 valence electrons. The summed E-state index contributed by atoms with van der Waals surface area (Å²) in [6.07, 6.45) is 0. The van der Waals surface area contributed by atoms with Crippen LogP contribution in [0, 0.1) is 11.3 Å². The van der Waals surface area contributed by atoms with Gasteiger partial charge in [-0.2, -0.15) is 5.26 Å². The van der Waals surface area contributed by atoms with Crippen molar-refractivity contribution in [1.29, 1.82) is 5.26 Å². The van der Waals surface area contributed by atoms with E-state index < -0.39 is 0 Å². The Morgan fingerprint density at radius 1 is 0.762 bits per heavy atom. The topological polar surface area (TPSA) is 30.3 Å². The van der Waals surface area contributed by atoms with E-state index in [9.17, 15) is 0 Å². The lowest BCUT2D eigenvalue weighted by Crippen LogP contribution is -2.46. The van der Waals surface area contributed by atoms with E-state index >= 15 is 0 Å². The van der Waals surface area contributed by atoms with Crippen molar-refractivity contribution in [1.82, 2.24) is 0 Å². The second kappa shape index (κ2) is 6.07. The molecule has 1 aliphatic rings. The third-order valence-corrected chi connectivity index (χ3v) is 4.08. The highest BCUT2D eigenvalue weighted by Gasteiger charge is 2.17. The zero-order valence-electron chi connectivity index (χ0n) is 11.7. The fraction of sp³-hybridized carbons (Fsp3) is 0.235. The van der Waals surface area contributed by atoms with Gasteiger partial charge in [-0.05, 0) is 48.5 Å². The zero-order valence-corrected chi connectivity index (χ0v) is 12.4. The molecule has 1 aliphatic heterocycles. The number of nitriles is 1. The molecule has 1 saturated heterocycles. The molecule has 0 unspecified atom stereocenters. The monoisotopic (exact) mass is 297 g/mol. The Hall–Kier alpha value is -2.18. The molecule has 21 heavy (non-hydrogen) atoms. The van der Waals surface area contributed by atoms with Crippen molar-refractivity contribution in [3.05, 3.63) is 59.1 Å². The number of nitrogens with zero attached hydrogens (tertiary/aromatic N) is 3. The van der Waals surface area contributed by atoms with Gasteiger partial charge in [-0.25, -0.2) is 0 Å². The Morgan fingerprint density at radius 2 is 1.19 bits per heavy atom. The van der Waals surface area contributed by atoms with Gasteiger partial charge in [0.2, 0.25) is 0 Å². The molecule has 0 N–H and O–H groups in total. The normalized spacial score (nSPS) is 14.9. The number of hydrogen-bond acceptors (Lipinski definition) is 3. The van der Waals surface area contributed by atoms with E-state index in [-0.39, 0.29) is 0 Å². The lowest BCUT2D eigenvalue weighted by molar-refractivity contribution is 0.653. The molecular weight excluding hydrogens is 282 g/mol. The molecule has 0 bridgehead atoms. The molecule has 4 heteroatoms. The summed E-state index contributed by atoms with van der Waals surface area (Å²) in [7, 11) is 0. The fourth-order valence-electron chi connectivity index (χ4n) is 2.62.